The summed E-state index contributed by atoms with van der Waals surface area (Å²) >= 11 is 1.69. The van der Waals surface area contributed by atoms with E-state index in [2.05, 4.69) is 68.6 Å². The first-order chi connectivity index (χ1) is 19.1. The number of hydrogen-bond donors (Lipinski definition) is 2. The standard InChI is InChI=1S/C32H36N4O2S/c1-36-24-9-10-25(36)18-27(17-24)38-26-11-6-21(7-12-26)31-28-16-22(8-13-29(28)34-35-31)32(37)33-30(20-4-2-3-5-20)23-14-15-39-19-23/h6-8,11-16,19-20,24-25,27,30H,2-5,9-10,17-18H2,1H3,(H,33,37)(H,34,35)/t24-,25+,27-,30?. The maximum absolute atomic E-state index is 13.5. The molecule has 6 nitrogen and oxygen atoms in total. The second-order valence-electron chi connectivity index (χ2n) is 11.7. The third-order valence-electron chi connectivity index (χ3n) is 9.37. The van der Waals surface area contributed by atoms with Crippen LogP contribution in [0.2, 0.25) is 0 Å². The number of amides is 1. The molecule has 7 heteroatoms. The molecule has 4 aromatic rings. The molecule has 2 N–H and O–H groups in total. The van der Waals surface area contributed by atoms with E-state index in [4.69, 9.17) is 4.74 Å². The van der Waals surface area contributed by atoms with Crippen molar-refractivity contribution >= 4 is 28.1 Å². The van der Waals surface area contributed by atoms with Crippen LogP contribution < -0.4 is 10.1 Å². The maximum atomic E-state index is 13.5. The number of carbonyl (C=O) groups excluding carboxylic acids is 1. The molecular formula is C32H36N4O2S. The Morgan fingerprint density at radius 2 is 1.82 bits per heavy atom. The number of nitrogens with one attached hydrogen (secondary N) is 2. The summed E-state index contributed by atoms with van der Waals surface area (Å²) in [5.74, 6) is 1.39. The Bertz CT molecular complexity index is 1430. The molecule has 1 saturated carbocycles. The summed E-state index contributed by atoms with van der Waals surface area (Å²) in [6.45, 7) is 0. The molecule has 7 rings (SSSR count). The van der Waals surface area contributed by atoms with Gasteiger partial charge in [0.15, 0.2) is 0 Å². The lowest BCUT2D eigenvalue weighted by atomic mass is 9.93. The van der Waals surface area contributed by atoms with Gasteiger partial charge in [0, 0.05) is 28.6 Å². The molecule has 3 fully saturated rings. The first kappa shape index (κ1) is 24.9. The highest BCUT2D eigenvalue weighted by Crippen LogP contribution is 2.38. The summed E-state index contributed by atoms with van der Waals surface area (Å²) < 4.78 is 6.40. The monoisotopic (exact) mass is 540 g/mol. The fraction of sp³-hybridized carbons (Fsp3) is 0.438. The van der Waals surface area contributed by atoms with Gasteiger partial charge in [-0.05, 0) is 116 Å². The minimum absolute atomic E-state index is 0.0250. The number of aromatic amines is 1. The van der Waals surface area contributed by atoms with Gasteiger partial charge in [0.2, 0.25) is 0 Å². The number of piperidine rings is 1. The van der Waals surface area contributed by atoms with Crippen LogP contribution in [0.15, 0.2) is 59.3 Å². The average Bonchev–Trinajstić information content (AvgIpc) is 3.76. The number of fused-ring (bicyclic) bond motifs is 3. The molecule has 2 aromatic heterocycles. The molecule has 1 unspecified atom stereocenters. The highest BCUT2D eigenvalue weighted by molar-refractivity contribution is 7.08. The molecule has 0 radical (unpaired) electrons. The van der Waals surface area contributed by atoms with E-state index >= 15 is 0 Å². The molecule has 202 valence electrons. The van der Waals surface area contributed by atoms with E-state index in [0.717, 1.165) is 40.8 Å². The van der Waals surface area contributed by atoms with E-state index in [-0.39, 0.29) is 11.9 Å². The van der Waals surface area contributed by atoms with Crippen molar-refractivity contribution in [1.82, 2.24) is 20.4 Å². The van der Waals surface area contributed by atoms with Gasteiger partial charge in [-0.2, -0.15) is 16.4 Å². The number of aromatic nitrogens is 2. The SMILES string of the molecule is CN1[C@@H]2CC[C@H]1C[C@H](Oc1ccc(-c3n[nH]c4ccc(C(=O)NC(c5ccsc5)C5CCCC5)cc34)cc1)C2. The Kier molecular flexibility index (Phi) is 6.65. The highest BCUT2D eigenvalue weighted by Gasteiger charge is 2.39. The van der Waals surface area contributed by atoms with Crippen molar-refractivity contribution in [3.05, 3.63) is 70.4 Å². The average molecular weight is 541 g/mol. The molecule has 2 bridgehead atoms. The van der Waals surface area contributed by atoms with E-state index < -0.39 is 0 Å². The number of H-pyrrole nitrogens is 1. The fourth-order valence-electron chi connectivity index (χ4n) is 7.16. The number of benzene rings is 2. The second-order valence-corrected chi connectivity index (χ2v) is 12.5. The van der Waals surface area contributed by atoms with Gasteiger partial charge < -0.3 is 15.0 Å². The molecule has 39 heavy (non-hydrogen) atoms. The molecular weight excluding hydrogens is 504 g/mol. The Labute approximate surface area is 233 Å². The van der Waals surface area contributed by atoms with Gasteiger partial charge in [-0.25, -0.2) is 0 Å². The Morgan fingerprint density at radius 3 is 2.54 bits per heavy atom. The molecule has 4 atom stereocenters. The van der Waals surface area contributed by atoms with Crippen molar-refractivity contribution in [2.75, 3.05) is 7.05 Å². The van der Waals surface area contributed by atoms with E-state index in [1.807, 2.05) is 18.2 Å². The van der Waals surface area contributed by atoms with Crippen LogP contribution in [-0.2, 0) is 0 Å². The van der Waals surface area contributed by atoms with Gasteiger partial charge in [-0.3, -0.25) is 9.89 Å². The molecule has 2 aromatic carbocycles. The number of hydrogen-bond acceptors (Lipinski definition) is 5. The maximum Gasteiger partial charge on any atom is 0.251 e. The highest BCUT2D eigenvalue weighted by atomic mass is 32.1. The first-order valence-electron chi connectivity index (χ1n) is 14.4. The van der Waals surface area contributed by atoms with Crippen LogP contribution in [0.5, 0.6) is 5.75 Å². The molecule has 1 amide bonds. The van der Waals surface area contributed by atoms with Crippen LogP contribution in [0.25, 0.3) is 22.2 Å². The van der Waals surface area contributed by atoms with Crippen LogP contribution in [0.4, 0.5) is 0 Å². The van der Waals surface area contributed by atoms with Crippen molar-refractivity contribution in [3.63, 3.8) is 0 Å². The minimum Gasteiger partial charge on any atom is -0.490 e. The topological polar surface area (TPSA) is 70.2 Å². The second kappa shape index (κ2) is 10.4. The van der Waals surface area contributed by atoms with Crippen molar-refractivity contribution in [3.8, 4) is 17.0 Å². The predicted octanol–water partition coefficient (Wildman–Crippen LogP) is 6.96. The zero-order chi connectivity index (χ0) is 26.3. The van der Waals surface area contributed by atoms with Crippen molar-refractivity contribution in [1.29, 1.82) is 0 Å². The molecule has 1 aliphatic carbocycles. The van der Waals surface area contributed by atoms with Gasteiger partial charge >= 0.3 is 0 Å². The van der Waals surface area contributed by atoms with Crippen molar-refractivity contribution in [2.24, 2.45) is 5.92 Å². The summed E-state index contributed by atoms with van der Waals surface area (Å²) in [5.41, 5.74) is 4.68. The zero-order valence-corrected chi connectivity index (χ0v) is 23.3. The third kappa shape index (κ3) is 4.87. The van der Waals surface area contributed by atoms with E-state index in [9.17, 15) is 4.79 Å². The Hall–Kier alpha value is -3.16. The Morgan fingerprint density at radius 1 is 1.05 bits per heavy atom. The zero-order valence-electron chi connectivity index (χ0n) is 22.4. The smallest absolute Gasteiger partial charge is 0.251 e. The fourth-order valence-corrected chi connectivity index (χ4v) is 7.85. The summed E-state index contributed by atoms with van der Waals surface area (Å²) in [4.78, 5) is 16.0. The Balaban J connectivity index is 1.08. The number of carbonyl (C=O) groups is 1. The number of nitrogens with zero attached hydrogens (tertiary/aromatic N) is 2. The summed E-state index contributed by atoms with van der Waals surface area (Å²) in [7, 11) is 2.26. The van der Waals surface area contributed by atoms with Crippen LogP contribution in [0, 0.1) is 5.92 Å². The van der Waals surface area contributed by atoms with E-state index in [1.54, 1.807) is 11.3 Å². The lowest BCUT2D eigenvalue weighted by Gasteiger charge is -2.36. The minimum atomic E-state index is -0.0250. The molecule has 2 saturated heterocycles. The van der Waals surface area contributed by atoms with E-state index in [0.29, 0.717) is 29.7 Å². The summed E-state index contributed by atoms with van der Waals surface area (Å²) in [6, 6.07) is 17.6. The van der Waals surface area contributed by atoms with Crippen molar-refractivity contribution in [2.45, 2.75) is 75.6 Å². The number of ether oxygens (including phenoxy) is 1. The van der Waals surface area contributed by atoms with Gasteiger partial charge in [-0.1, -0.05) is 12.8 Å². The van der Waals surface area contributed by atoms with Gasteiger partial charge in [0.05, 0.1) is 17.3 Å². The van der Waals surface area contributed by atoms with Gasteiger partial charge in [-0.15, -0.1) is 0 Å². The van der Waals surface area contributed by atoms with Crippen LogP contribution >= 0.6 is 11.3 Å². The first-order valence-corrected chi connectivity index (χ1v) is 15.4. The molecule has 2 aliphatic heterocycles. The summed E-state index contributed by atoms with van der Waals surface area (Å²) in [6.07, 6.45) is 9.93. The van der Waals surface area contributed by atoms with Crippen LogP contribution in [0.3, 0.4) is 0 Å². The molecule has 0 spiro atoms. The van der Waals surface area contributed by atoms with Crippen LogP contribution in [0.1, 0.15) is 73.3 Å². The van der Waals surface area contributed by atoms with Crippen molar-refractivity contribution < 1.29 is 9.53 Å². The molecule has 3 aliphatic rings. The lowest BCUT2D eigenvalue weighted by molar-refractivity contribution is 0.0662. The molecule has 4 heterocycles. The van der Waals surface area contributed by atoms with Gasteiger partial charge in [0.25, 0.3) is 5.91 Å². The normalized spacial score (nSPS) is 24.3. The van der Waals surface area contributed by atoms with Gasteiger partial charge in [0.1, 0.15) is 11.9 Å². The lowest BCUT2D eigenvalue weighted by Crippen LogP contribution is -2.43. The third-order valence-corrected chi connectivity index (χ3v) is 10.1. The van der Waals surface area contributed by atoms with E-state index in [1.165, 1.54) is 44.1 Å². The predicted molar refractivity (Wildman–Crippen MR) is 156 cm³/mol. The largest absolute Gasteiger partial charge is 0.490 e. The van der Waals surface area contributed by atoms with Crippen LogP contribution in [-0.4, -0.2) is 46.2 Å². The summed E-state index contributed by atoms with van der Waals surface area (Å²) in [5, 5.41) is 16.4. The quantitative estimate of drug-likeness (QED) is 0.266. The number of thiophene rings is 1. The number of rotatable bonds is 7.